The van der Waals surface area contributed by atoms with E-state index in [1.54, 1.807) is 0 Å². The van der Waals surface area contributed by atoms with E-state index in [0.29, 0.717) is 0 Å². The molecule has 110 valence electrons. The van der Waals surface area contributed by atoms with Gasteiger partial charge in [-0.3, -0.25) is 4.79 Å². The molecule has 1 unspecified atom stereocenters. The predicted molar refractivity (Wildman–Crippen MR) is 60.4 cm³/mol. The first kappa shape index (κ1) is 15.7. The van der Waals surface area contributed by atoms with Crippen molar-refractivity contribution in [2.24, 2.45) is 11.3 Å². The lowest BCUT2D eigenvalue weighted by Crippen LogP contribution is -2.56. The van der Waals surface area contributed by atoms with Crippen LogP contribution in [0.5, 0.6) is 0 Å². The second-order valence-corrected chi connectivity index (χ2v) is 5.04. The summed E-state index contributed by atoms with van der Waals surface area (Å²) < 4.78 is 39.2. The van der Waals surface area contributed by atoms with Crippen molar-refractivity contribution in [1.29, 1.82) is 0 Å². The second-order valence-electron chi connectivity index (χ2n) is 5.04. The molecule has 0 saturated carbocycles. The van der Waals surface area contributed by atoms with E-state index in [4.69, 9.17) is 5.11 Å². The van der Waals surface area contributed by atoms with Gasteiger partial charge in [-0.15, -0.1) is 0 Å². The minimum atomic E-state index is -4.71. The van der Waals surface area contributed by atoms with E-state index < -0.39 is 42.0 Å². The third-order valence-electron chi connectivity index (χ3n) is 3.35. The highest BCUT2D eigenvalue weighted by Crippen LogP contribution is 2.43. The highest BCUT2D eigenvalue weighted by Gasteiger charge is 2.61. The smallest absolute Gasteiger partial charge is 0.404 e. The SMILES string of the molecule is CC(C)[C@@H](NC(=O)C1(C(F)(F)F)CCNC1)C(=O)O. The molecule has 2 atom stereocenters. The molecule has 8 heteroatoms. The van der Waals surface area contributed by atoms with E-state index in [-0.39, 0.29) is 13.0 Å². The lowest BCUT2D eigenvalue weighted by Gasteiger charge is -2.31. The first-order valence-electron chi connectivity index (χ1n) is 5.93. The fourth-order valence-corrected chi connectivity index (χ4v) is 2.05. The van der Waals surface area contributed by atoms with Gasteiger partial charge in [-0.2, -0.15) is 13.2 Å². The summed E-state index contributed by atoms with van der Waals surface area (Å²) in [7, 11) is 0. The van der Waals surface area contributed by atoms with Crippen molar-refractivity contribution in [2.45, 2.75) is 32.5 Å². The van der Waals surface area contributed by atoms with Gasteiger partial charge < -0.3 is 15.7 Å². The fourth-order valence-electron chi connectivity index (χ4n) is 2.05. The van der Waals surface area contributed by atoms with Gasteiger partial charge in [0.05, 0.1) is 0 Å². The summed E-state index contributed by atoms with van der Waals surface area (Å²) in [6.45, 7) is 2.59. The van der Waals surface area contributed by atoms with Gasteiger partial charge in [0.2, 0.25) is 5.91 Å². The molecule has 0 aromatic carbocycles. The van der Waals surface area contributed by atoms with E-state index in [2.05, 4.69) is 5.32 Å². The van der Waals surface area contributed by atoms with Crippen LogP contribution in [0.15, 0.2) is 0 Å². The lowest BCUT2D eigenvalue weighted by atomic mass is 9.84. The molecule has 1 aliphatic rings. The number of hydrogen-bond acceptors (Lipinski definition) is 3. The summed E-state index contributed by atoms with van der Waals surface area (Å²) >= 11 is 0. The molecular weight excluding hydrogens is 265 g/mol. The molecular formula is C11H17F3N2O3. The first-order chi connectivity index (χ1) is 8.62. The maximum absolute atomic E-state index is 13.1. The maximum atomic E-state index is 13.1. The third-order valence-corrected chi connectivity index (χ3v) is 3.35. The molecule has 0 aromatic heterocycles. The number of carboxylic acids is 1. The van der Waals surface area contributed by atoms with Crippen molar-refractivity contribution < 1.29 is 27.9 Å². The number of alkyl halides is 3. The van der Waals surface area contributed by atoms with Crippen LogP contribution < -0.4 is 10.6 Å². The van der Waals surface area contributed by atoms with E-state index in [1.165, 1.54) is 13.8 Å². The molecule has 0 spiro atoms. The Morgan fingerprint density at radius 1 is 1.37 bits per heavy atom. The zero-order valence-electron chi connectivity index (χ0n) is 10.7. The van der Waals surface area contributed by atoms with Gasteiger partial charge in [0.25, 0.3) is 0 Å². The number of carbonyl (C=O) groups excluding carboxylic acids is 1. The standard InChI is InChI=1S/C11H17F3N2O3/c1-6(2)7(8(17)18)16-9(19)10(11(12,13)14)3-4-15-5-10/h6-7,15H,3-5H2,1-2H3,(H,16,19)(H,17,18)/t7-,10?/m1/s1. The van der Waals surface area contributed by atoms with Gasteiger partial charge in [-0.05, 0) is 18.9 Å². The Morgan fingerprint density at radius 2 is 1.95 bits per heavy atom. The van der Waals surface area contributed by atoms with Crippen LogP contribution in [0.25, 0.3) is 0 Å². The Hall–Kier alpha value is -1.31. The number of aliphatic carboxylic acids is 1. The van der Waals surface area contributed by atoms with E-state index >= 15 is 0 Å². The number of carbonyl (C=O) groups is 2. The van der Waals surface area contributed by atoms with Gasteiger partial charge in [0.1, 0.15) is 6.04 Å². The molecule has 1 rings (SSSR count). The van der Waals surface area contributed by atoms with Crippen LogP contribution in [-0.4, -0.2) is 42.3 Å². The van der Waals surface area contributed by atoms with Gasteiger partial charge in [-0.25, -0.2) is 4.79 Å². The highest BCUT2D eigenvalue weighted by molar-refractivity contribution is 5.88. The molecule has 1 saturated heterocycles. The zero-order chi connectivity index (χ0) is 14.8. The fraction of sp³-hybridized carbons (Fsp3) is 0.818. The van der Waals surface area contributed by atoms with Gasteiger partial charge in [0.15, 0.2) is 5.41 Å². The number of nitrogens with one attached hydrogen (secondary N) is 2. The number of amides is 1. The molecule has 5 nitrogen and oxygen atoms in total. The Bertz CT molecular complexity index is 363. The molecule has 0 aliphatic carbocycles. The quantitative estimate of drug-likeness (QED) is 0.711. The number of rotatable bonds is 4. The normalized spacial score (nSPS) is 25.4. The van der Waals surface area contributed by atoms with Gasteiger partial charge in [0, 0.05) is 6.54 Å². The number of halogens is 3. The lowest BCUT2D eigenvalue weighted by molar-refractivity contribution is -0.216. The second kappa shape index (κ2) is 5.36. The number of hydrogen-bond donors (Lipinski definition) is 3. The van der Waals surface area contributed by atoms with Crippen molar-refractivity contribution in [3.8, 4) is 0 Å². The first-order valence-corrected chi connectivity index (χ1v) is 5.93. The van der Waals surface area contributed by atoms with Crippen molar-refractivity contribution >= 4 is 11.9 Å². The van der Waals surface area contributed by atoms with Crippen LogP contribution in [0.3, 0.4) is 0 Å². The Kier molecular flexibility index (Phi) is 4.44. The Labute approximate surface area is 108 Å². The summed E-state index contributed by atoms with van der Waals surface area (Å²) in [5, 5.41) is 13.4. The molecule has 0 aromatic rings. The summed E-state index contributed by atoms with van der Waals surface area (Å²) in [6.07, 6.45) is -5.09. The molecule has 0 radical (unpaired) electrons. The minimum absolute atomic E-state index is 0.0757. The molecule has 1 heterocycles. The molecule has 3 N–H and O–H groups in total. The average Bonchev–Trinajstić information content (AvgIpc) is 2.73. The van der Waals surface area contributed by atoms with E-state index in [9.17, 15) is 22.8 Å². The van der Waals surface area contributed by atoms with Crippen molar-refractivity contribution in [2.75, 3.05) is 13.1 Å². The zero-order valence-corrected chi connectivity index (χ0v) is 10.7. The van der Waals surface area contributed by atoms with Crippen LogP contribution in [0, 0.1) is 11.3 Å². The molecule has 19 heavy (non-hydrogen) atoms. The summed E-state index contributed by atoms with van der Waals surface area (Å²) in [5.41, 5.74) is -2.53. The predicted octanol–water partition coefficient (Wildman–Crippen LogP) is 0.754. The van der Waals surface area contributed by atoms with Crippen molar-refractivity contribution in [3.05, 3.63) is 0 Å². The largest absolute Gasteiger partial charge is 0.480 e. The van der Waals surface area contributed by atoms with Crippen LogP contribution >= 0.6 is 0 Å². The number of carboxylic acid groups (broad SMARTS) is 1. The molecule has 1 amide bonds. The summed E-state index contributed by atoms with van der Waals surface area (Å²) in [5.74, 6) is -3.11. The molecule has 1 aliphatic heterocycles. The monoisotopic (exact) mass is 282 g/mol. The third kappa shape index (κ3) is 2.99. The molecule has 1 fully saturated rings. The Morgan fingerprint density at radius 3 is 2.26 bits per heavy atom. The summed E-state index contributed by atoms with van der Waals surface area (Å²) in [6, 6.07) is -1.33. The van der Waals surface area contributed by atoms with Crippen molar-refractivity contribution in [1.82, 2.24) is 10.6 Å². The van der Waals surface area contributed by atoms with Crippen LogP contribution in [0.4, 0.5) is 13.2 Å². The van der Waals surface area contributed by atoms with Crippen molar-refractivity contribution in [3.63, 3.8) is 0 Å². The van der Waals surface area contributed by atoms with Crippen LogP contribution in [-0.2, 0) is 9.59 Å². The van der Waals surface area contributed by atoms with Gasteiger partial charge in [-0.1, -0.05) is 13.8 Å². The molecule has 0 bridgehead atoms. The van der Waals surface area contributed by atoms with Gasteiger partial charge >= 0.3 is 12.1 Å². The topological polar surface area (TPSA) is 78.4 Å². The maximum Gasteiger partial charge on any atom is 0.404 e. The summed E-state index contributed by atoms with van der Waals surface area (Å²) in [4.78, 5) is 22.8. The Balaban J connectivity index is 2.93. The average molecular weight is 282 g/mol. The minimum Gasteiger partial charge on any atom is -0.480 e. The van der Waals surface area contributed by atoms with Crippen LogP contribution in [0.2, 0.25) is 0 Å². The van der Waals surface area contributed by atoms with Crippen LogP contribution in [0.1, 0.15) is 20.3 Å². The van der Waals surface area contributed by atoms with E-state index in [0.717, 1.165) is 0 Å². The van der Waals surface area contributed by atoms with E-state index in [1.807, 2.05) is 5.32 Å². The highest BCUT2D eigenvalue weighted by atomic mass is 19.4.